The third-order valence-corrected chi connectivity index (χ3v) is 4.31. The number of benzene rings is 2. The number of nitrogens with zero attached hydrogens (tertiary/aromatic N) is 3. The van der Waals surface area contributed by atoms with Crippen molar-refractivity contribution >= 4 is 55.8 Å². The molecule has 0 radical (unpaired) electrons. The molecule has 3 rings (SSSR count). The van der Waals surface area contributed by atoms with Gasteiger partial charge in [0.2, 0.25) is 17.2 Å². The molecular weight excluding hydrogens is 395 g/mol. The van der Waals surface area contributed by atoms with E-state index in [4.69, 9.17) is 23.1 Å². The van der Waals surface area contributed by atoms with E-state index >= 15 is 0 Å². The summed E-state index contributed by atoms with van der Waals surface area (Å²) in [5, 5.41) is 13.3. The standard InChI is InChI=1S/C13H11ClN6O4S.Na/c14-11-18-12(16)20-13(19-11)17-6-1-2-7-5(3-6)4-8(25(22,23)24)9(15)10(7)21;/h1-4,21H,15H2,(H,22,23,24)(H3,16,17,18,19,20);/q;+1/p-1. The summed E-state index contributed by atoms with van der Waals surface area (Å²) in [5.41, 5.74) is 10.9. The summed E-state index contributed by atoms with van der Waals surface area (Å²) in [4.78, 5) is 10.6. The number of fused-ring (bicyclic) bond motifs is 1. The second-order valence-corrected chi connectivity index (χ2v) is 6.62. The van der Waals surface area contributed by atoms with E-state index in [2.05, 4.69) is 20.3 Å². The van der Waals surface area contributed by atoms with Crippen molar-refractivity contribution in [2.75, 3.05) is 16.8 Å². The topological polar surface area (TPSA) is 180 Å². The minimum atomic E-state index is -4.85. The third-order valence-electron chi connectivity index (χ3n) is 3.26. The zero-order valence-corrected chi connectivity index (χ0v) is 16.8. The van der Waals surface area contributed by atoms with Crippen LogP contribution in [-0.2, 0) is 10.1 Å². The fourth-order valence-electron chi connectivity index (χ4n) is 2.21. The van der Waals surface area contributed by atoms with E-state index in [1.807, 2.05) is 0 Å². The molecular formula is C13H10ClN6NaO4S. The van der Waals surface area contributed by atoms with Gasteiger partial charge in [-0.2, -0.15) is 15.0 Å². The molecule has 6 N–H and O–H groups in total. The van der Waals surface area contributed by atoms with Gasteiger partial charge in [0.25, 0.3) is 0 Å². The Labute approximate surface area is 174 Å². The van der Waals surface area contributed by atoms with Gasteiger partial charge < -0.3 is 26.4 Å². The molecule has 3 aromatic rings. The Hall–Kier alpha value is -1.89. The zero-order valence-electron chi connectivity index (χ0n) is 13.3. The zero-order chi connectivity index (χ0) is 18.4. The van der Waals surface area contributed by atoms with Crippen LogP contribution in [0.3, 0.4) is 0 Å². The first-order valence-electron chi connectivity index (χ1n) is 6.60. The number of anilines is 4. The van der Waals surface area contributed by atoms with Crippen molar-refractivity contribution in [2.24, 2.45) is 0 Å². The predicted octanol–water partition coefficient (Wildman–Crippen LogP) is -1.80. The maximum atomic E-state index is 11.3. The number of nitrogen functional groups attached to an aromatic ring is 2. The average molecular weight is 405 g/mol. The van der Waals surface area contributed by atoms with E-state index in [0.717, 1.165) is 6.07 Å². The van der Waals surface area contributed by atoms with Crippen LogP contribution in [0, 0.1) is 0 Å². The number of rotatable bonds is 3. The Bertz CT molecular complexity index is 1090. The molecule has 0 atom stereocenters. The molecule has 0 saturated heterocycles. The Morgan fingerprint density at radius 3 is 2.46 bits per heavy atom. The second-order valence-electron chi connectivity index (χ2n) is 4.94. The number of hydrogen-bond acceptors (Lipinski definition) is 10. The van der Waals surface area contributed by atoms with Gasteiger partial charge in [0.1, 0.15) is 15.9 Å². The van der Waals surface area contributed by atoms with Crippen LogP contribution in [0.5, 0.6) is 5.75 Å². The maximum Gasteiger partial charge on any atom is 1.00 e. The van der Waals surface area contributed by atoms with E-state index in [1.54, 1.807) is 6.07 Å². The van der Waals surface area contributed by atoms with Gasteiger partial charge in [-0.15, -0.1) is 0 Å². The van der Waals surface area contributed by atoms with Crippen molar-refractivity contribution in [2.45, 2.75) is 4.90 Å². The molecule has 0 aliphatic heterocycles. The van der Waals surface area contributed by atoms with E-state index in [9.17, 15) is 18.1 Å². The predicted molar refractivity (Wildman–Crippen MR) is 90.5 cm³/mol. The van der Waals surface area contributed by atoms with E-state index in [0.29, 0.717) is 5.69 Å². The molecule has 1 heterocycles. The van der Waals surface area contributed by atoms with Gasteiger partial charge in [0, 0.05) is 11.1 Å². The number of halogens is 1. The van der Waals surface area contributed by atoms with Gasteiger partial charge in [0.05, 0.1) is 10.6 Å². The molecule has 10 nitrogen and oxygen atoms in total. The Balaban J connectivity index is 0.00000243. The summed E-state index contributed by atoms with van der Waals surface area (Å²) >= 11 is 5.69. The monoisotopic (exact) mass is 404 g/mol. The van der Waals surface area contributed by atoms with E-state index in [1.165, 1.54) is 12.1 Å². The average Bonchev–Trinajstić information content (AvgIpc) is 2.48. The van der Waals surface area contributed by atoms with Crippen molar-refractivity contribution in [3.8, 4) is 5.75 Å². The van der Waals surface area contributed by atoms with Crippen molar-refractivity contribution in [1.29, 1.82) is 0 Å². The van der Waals surface area contributed by atoms with Crippen LogP contribution in [0.1, 0.15) is 0 Å². The normalized spacial score (nSPS) is 11.2. The number of nitrogens with one attached hydrogen (secondary N) is 1. The molecule has 0 spiro atoms. The van der Waals surface area contributed by atoms with Crippen LogP contribution in [0.15, 0.2) is 29.2 Å². The van der Waals surface area contributed by atoms with Crippen LogP contribution in [0.2, 0.25) is 5.28 Å². The summed E-state index contributed by atoms with van der Waals surface area (Å²) < 4.78 is 33.8. The Morgan fingerprint density at radius 2 is 1.85 bits per heavy atom. The minimum Gasteiger partial charge on any atom is -0.744 e. The van der Waals surface area contributed by atoms with Crippen LogP contribution in [0.25, 0.3) is 10.8 Å². The number of hydrogen-bond donors (Lipinski definition) is 4. The SMILES string of the molecule is Nc1nc(Cl)nc(Nc2ccc3c(O)c(N)c(S(=O)(=O)[O-])cc3c2)n1.[Na+]. The maximum absolute atomic E-state index is 11.3. The molecule has 13 heteroatoms. The fourth-order valence-corrected chi connectivity index (χ4v) is 3.02. The quantitative estimate of drug-likeness (QED) is 0.168. The van der Waals surface area contributed by atoms with E-state index < -0.39 is 26.5 Å². The summed E-state index contributed by atoms with van der Waals surface area (Å²) in [6.07, 6.45) is 0. The van der Waals surface area contributed by atoms with Gasteiger partial charge in [-0.25, -0.2) is 8.42 Å². The van der Waals surface area contributed by atoms with Crippen molar-refractivity contribution < 1.29 is 47.6 Å². The van der Waals surface area contributed by atoms with Gasteiger partial charge in [-0.05, 0) is 41.3 Å². The first-order chi connectivity index (χ1) is 11.6. The first kappa shape index (κ1) is 20.4. The molecule has 2 aromatic carbocycles. The molecule has 130 valence electrons. The van der Waals surface area contributed by atoms with Gasteiger partial charge in [-0.3, -0.25) is 0 Å². The van der Waals surface area contributed by atoms with Crippen molar-refractivity contribution in [1.82, 2.24) is 15.0 Å². The van der Waals surface area contributed by atoms with Crippen molar-refractivity contribution in [3.05, 3.63) is 29.5 Å². The van der Waals surface area contributed by atoms with Gasteiger partial charge in [0.15, 0.2) is 0 Å². The molecule has 26 heavy (non-hydrogen) atoms. The summed E-state index contributed by atoms with van der Waals surface area (Å²) in [5.74, 6) is -0.521. The summed E-state index contributed by atoms with van der Waals surface area (Å²) in [6, 6.07) is 5.58. The molecule has 0 bridgehead atoms. The smallest absolute Gasteiger partial charge is 0.744 e. The molecule has 0 unspecified atom stereocenters. The van der Waals surface area contributed by atoms with E-state index in [-0.39, 0.29) is 57.5 Å². The number of nitrogens with two attached hydrogens (primary N) is 2. The third kappa shape index (κ3) is 4.09. The van der Waals surface area contributed by atoms with Gasteiger partial charge in [-0.1, -0.05) is 0 Å². The number of aromatic hydroxyl groups is 1. The largest absolute Gasteiger partial charge is 1.00 e. The number of phenols is 1. The Kier molecular flexibility index (Phi) is 5.80. The van der Waals surface area contributed by atoms with Crippen LogP contribution in [0.4, 0.5) is 23.3 Å². The Morgan fingerprint density at radius 1 is 1.15 bits per heavy atom. The minimum absolute atomic E-state index is 0. The number of phenolic OH excluding ortho intramolecular Hbond substituents is 1. The molecule has 0 saturated carbocycles. The van der Waals surface area contributed by atoms with Crippen LogP contribution < -0.4 is 46.3 Å². The van der Waals surface area contributed by atoms with Gasteiger partial charge >= 0.3 is 29.6 Å². The number of aromatic nitrogens is 3. The summed E-state index contributed by atoms with van der Waals surface area (Å²) in [6.45, 7) is 0. The first-order valence-corrected chi connectivity index (χ1v) is 8.39. The van der Waals surface area contributed by atoms with Crippen LogP contribution >= 0.6 is 11.6 Å². The van der Waals surface area contributed by atoms with Crippen molar-refractivity contribution in [3.63, 3.8) is 0 Å². The fraction of sp³-hybridized carbons (Fsp3) is 0. The second kappa shape index (κ2) is 7.39. The molecule has 0 amide bonds. The molecule has 0 aliphatic rings. The van der Waals surface area contributed by atoms with Crippen LogP contribution in [-0.4, -0.2) is 33.0 Å². The summed E-state index contributed by atoms with van der Waals surface area (Å²) in [7, 11) is -4.85. The molecule has 0 fully saturated rings. The molecule has 1 aromatic heterocycles. The molecule has 0 aliphatic carbocycles.